The van der Waals surface area contributed by atoms with Gasteiger partial charge < -0.3 is 20.3 Å². The van der Waals surface area contributed by atoms with Crippen LogP contribution in [0.25, 0.3) is 0 Å². The Morgan fingerprint density at radius 2 is 1.46 bits per heavy atom. The lowest BCUT2D eigenvalue weighted by Crippen LogP contribution is -2.20. The monoisotopic (exact) mass is 466 g/mol. The first kappa shape index (κ1) is 23.8. The topological polar surface area (TPSA) is 66.5 Å². The summed E-state index contributed by atoms with van der Waals surface area (Å²) in [5.41, 5.74) is 4.22. The number of pyridine rings is 1. The van der Waals surface area contributed by atoms with Gasteiger partial charge in [0.25, 0.3) is 0 Å². The van der Waals surface area contributed by atoms with Gasteiger partial charge in [0.2, 0.25) is 5.88 Å². The molecular formula is C29H30N4O2. The van der Waals surface area contributed by atoms with Gasteiger partial charge in [-0.3, -0.25) is 0 Å². The number of rotatable bonds is 6. The third-order valence-corrected chi connectivity index (χ3v) is 5.58. The predicted molar refractivity (Wildman–Crippen MR) is 143 cm³/mol. The van der Waals surface area contributed by atoms with Crippen LogP contribution in [0.1, 0.15) is 26.3 Å². The van der Waals surface area contributed by atoms with Crippen molar-refractivity contribution in [1.82, 2.24) is 4.98 Å². The molecule has 0 bridgehead atoms. The van der Waals surface area contributed by atoms with Crippen LogP contribution in [-0.4, -0.2) is 18.1 Å². The Hall–Kier alpha value is -4.32. The molecule has 4 aromatic rings. The lowest BCUT2D eigenvalue weighted by molar-refractivity contribution is 0.262. The highest BCUT2D eigenvalue weighted by atomic mass is 16.5. The number of carbonyl (C=O) groups is 1. The number of anilines is 4. The van der Waals surface area contributed by atoms with Gasteiger partial charge in [-0.15, -0.1) is 0 Å². The summed E-state index contributed by atoms with van der Waals surface area (Å²) >= 11 is 0. The van der Waals surface area contributed by atoms with E-state index in [1.807, 2.05) is 85.9 Å². The molecule has 6 heteroatoms. The Morgan fingerprint density at radius 1 is 0.800 bits per heavy atom. The highest BCUT2D eigenvalue weighted by molar-refractivity contribution is 6.00. The van der Waals surface area contributed by atoms with Crippen molar-refractivity contribution in [2.24, 2.45) is 0 Å². The molecule has 1 heterocycles. The SMILES string of the molecule is CN(c1ccccc1)c1ccc(NC(=O)Nc2cccnc2Oc2ccccc2C(C)(C)C)cc1. The van der Waals surface area contributed by atoms with Crippen molar-refractivity contribution in [2.75, 3.05) is 22.6 Å². The molecule has 0 atom stereocenters. The van der Waals surface area contributed by atoms with Crippen LogP contribution in [0.15, 0.2) is 97.2 Å². The lowest BCUT2D eigenvalue weighted by Gasteiger charge is -2.22. The second-order valence-electron chi connectivity index (χ2n) is 9.22. The Bertz CT molecular complexity index is 1280. The molecule has 0 aliphatic heterocycles. The van der Waals surface area contributed by atoms with Gasteiger partial charge in [-0.2, -0.15) is 0 Å². The van der Waals surface area contributed by atoms with E-state index in [0.717, 1.165) is 16.9 Å². The van der Waals surface area contributed by atoms with Crippen LogP contribution >= 0.6 is 0 Å². The van der Waals surface area contributed by atoms with Gasteiger partial charge in [0, 0.05) is 35.9 Å². The molecule has 6 nitrogen and oxygen atoms in total. The van der Waals surface area contributed by atoms with E-state index < -0.39 is 0 Å². The van der Waals surface area contributed by atoms with E-state index in [1.165, 1.54) is 0 Å². The Morgan fingerprint density at radius 3 is 2.17 bits per heavy atom. The molecule has 0 aliphatic carbocycles. The van der Waals surface area contributed by atoms with E-state index in [2.05, 4.69) is 41.3 Å². The van der Waals surface area contributed by atoms with Crippen LogP contribution in [0.4, 0.5) is 27.5 Å². The number of nitrogens with zero attached hydrogens (tertiary/aromatic N) is 2. The summed E-state index contributed by atoms with van der Waals surface area (Å²) in [5.74, 6) is 1.04. The molecule has 178 valence electrons. The summed E-state index contributed by atoms with van der Waals surface area (Å²) in [7, 11) is 2.01. The number of amides is 2. The minimum absolute atomic E-state index is 0.100. The fourth-order valence-corrected chi connectivity index (χ4v) is 3.70. The summed E-state index contributed by atoms with van der Waals surface area (Å²) in [5, 5.41) is 5.72. The first-order chi connectivity index (χ1) is 16.8. The Balaban J connectivity index is 1.44. The van der Waals surface area contributed by atoms with Crippen LogP contribution < -0.4 is 20.3 Å². The summed E-state index contributed by atoms with van der Waals surface area (Å²) in [6.45, 7) is 6.38. The molecule has 0 radical (unpaired) electrons. The van der Waals surface area contributed by atoms with E-state index in [1.54, 1.807) is 18.3 Å². The number of carbonyl (C=O) groups excluding carboxylic acids is 1. The van der Waals surface area contributed by atoms with Gasteiger partial charge in [-0.25, -0.2) is 9.78 Å². The van der Waals surface area contributed by atoms with Crippen LogP contribution in [0, 0.1) is 0 Å². The lowest BCUT2D eigenvalue weighted by atomic mass is 9.86. The van der Waals surface area contributed by atoms with Crippen molar-refractivity contribution in [1.29, 1.82) is 0 Å². The van der Waals surface area contributed by atoms with Crippen LogP contribution in [0.2, 0.25) is 0 Å². The third kappa shape index (κ3) is 5.98. The molecule has 1 aromatic heterocycles. The van der Waals surface area contributed by atoms with Crippen molar-refractivity contribution in [2.45, 2.75) is 26.2 Å². The van der Waals surface area contributed by atoms with Crippen LogP contribution in [-0.2, 0) is 5.41 Å². The quantitative estimate of drug-likeness (QED) is 0.307. The zero-order chi connectivity index (χ0) is 24.8. The van der Waals surface area contributed by atoms with E-state index in [9.17, 15) is 4.79 Å². The van der Waals surface area contributed by atoms with Gasteiger partial charge in [0.05, 0.1) is 0 Å². The van der Waals surface area contributed by atoms with E-state index in [0.29, 0.717) is 23.0 Å². The van der Waals surface area contributed by atoms with Crippen LogP contribution in [0.3, 0.4) is 0 Å². The van der Waals surface area contributed by atoms with E-state index >= 15 is 0 Å². The Labute approximate surface area is 206 Å². The second-order valence-corrected chi connectivity index (χ2v) is 9.22. The molecule has 35 heavy (non-hydrogen) atoms. The van der Waals surface area contributed by atoms with Gasteiger partial charge in [-0.1, -0.05) is 57.2 Å². The maximum absolute atomic E-state index is 12.7. The molecule has 0 aliphatic rings. The molecule has 0 spiro atoms. The zero-order valence-corrected chi connectivity index (χ0v) is 20.4. The summed E-state index contributed by atoms with van der Waals surface area (Å²) in [6.07, 6.45) is 1.64. The number of para-hydroxylation sites is 2. The highest BCUT2D eigenvalue weighted by Crippen LogP contribution is 2.35. The largest absolute Gasteiger partial charge is 0.437 e. The second kappa shape index (κ2) is 10.3. The third-order valence-electron chi connectivity index (χ3n) is 5.58. The van der Waals surface area contributed by atoms with Crippen molar-refractivity contribution < 1.29 is 9.53 Å². The molecule has 4 rings (SSSR count). The number of benzene rings is 3. The molecule has 0 saturated carbocycles. The molecule has 3 aromatic carbocycles. The predicted octanol–water partition coefficient (Wildman–Crippen LogP) is 7.58. The first-order valence-electron chi connectivity index (χ1n) is 11.5. The number of hydrogen-bond donors (Lipinski definition) is 2. The minimum atomic E-state index is -0.379. The molecule has 2 N–H and O–H groups in total. The maximum Gasteiger partial charge on any atom is 0.323 e. The number of urea groups is 1. The summed E-state index contributed by atoms with van der Waals surface area (Å²) in [4.78, 5) is 19.2. The number of nitrogens with one attached hydrogen (secondary N) is 2. The average Bonchev–Trinajstić information content (AvgIpc) is 2.85. The molecule has 0 unspecified atom stereocenters. The summed E-state index contributed by atoms with van der Waals surface area (Å²) in [6, 6.07) is 28.8. The van der Waals surface area contributed by atoms with Crippen molar-refractivity contribution in [3.63, 3.8) is 0 Å². The number of aromatic nitrogens is 1. The minimum Gasteiger partial charge on any atom is -0.437 e. The van der Waals surface area contributed by atoms with Crippen molar-refractivity contribution >= 4 is 28.8 Å². The molecule has 0 saturated heterocycles. The fourth-order valence-electron chi connectivity index (χ4n) is 3.70. The number of hydrogen-bond acceptors (Lipinski definition) is 4. The number of ether oxygens (including phenoxy) is 1. The van der Waals surface area contributed by atoms with Gasteiger partial charge in [0.1, 0.15) is 11.4 Å². The summed E-state index contributed by atoms with van der Waals surface area (Å²) < 4.78 is 6.14. The smallest absolute Gasteiger partial charge is 0.323 e. The standard InChI is InChI=1S/C29H30N4O2/c1-29(2,3)24-13-8-9-15-26(24)35-27-25(14-10-20-30-27)32-28(34)31-21-16-18-23(19-17-21)33(4)22-11-6-5-7-12-22/h5-20H,1-4H3,(H2,31,32,34). The highest BCUT2D eigenvalue weighted by Gasteiger charge is 2.20. The van der Waals surface area contributed by atoms with Crippen molar-refractivity contribution in [3.8, 4) is 11.6 Å². The molecule has 0 fully saturated rings. The van der Waals surface area contributed by atoms with Crippen LogP contribution in [0.5, 0.6) is 11.6 Å². The van der Waals surface area contributed by atoms with Gasteiger partial charge >= 0.3 is 6.03 Å². The fraction of sp³-hybridized carbons (Fsp3) is 0.172. The molecular weight excluding hydrogens is 436 g/mol. The zero-order valence-electron chi connectivity index (χ0n) is 20.4. The van der Waals surface area contributed by atoms with E-state index in [-0.39, 0.29) is 11.4 Å². The Kier molecular flexibility index (Phi) is 7.01. The molecule has 2 amide bonds. The first-order valence-corrected chi connectivity index (χ1v) is 11.5. The van der Waals surface area contributed by atoms with Crippen molar-refractivity contribution in [3.05, 3.63) is 103 Å². The average molecular weight is 467 g/mol. The normalized spacial score (nSPS) is 11.0. The maximum atomic E-state index is 12.7. The van der Waals surface area contributed by atoms with E-state index in [4.69, 9.17) is 4.74 Å². The van der Waals surface area contributed by atoms with Gasteiger partial charge in [0.15, 0.2) is 0 Å². The van der Waals surface area contributed by atoms with Gasteiger partial charge in [-0.05, 0) is 60.0 Å².